The predicted octanol–water partition coefficient (Wildman–Crippen LogP) is 3.47. The van der Waals surface area contributed by atoms with E-state index < -0.39 is 5.54 Å². The summed E-state index contributed by atoms with van der Waals surface area (Å²) in [4.78, 5) is 16.8. The zero-order valence-electron chi connectivity index (χ0n) is 14.2. The molecule has 25 heavy (non-hydrogen) atoms. The summed E-state index contributed by atoms with van der Waals surface area (Å²) in [6.45, 7) is 3.81. The summed E-state index contributed by atoms with van der Waals surface area (Å²) in [5.74, 6) is 0.490. The van der Waals surface area contributed by atoms with Gasteiger partial charge < -0.3 is 10.3 Å². The lowest BCUT2D eigenvalue weighted by Gasteiger charge is -2.30. The minimum atomic E-state index is -0.708. The van der Waals surface area contributed by atoms with Crippen LogP contribution >= 0.6 is 11.8 Å². The van der Waals surface area contributed by atoms with Crippen LogP contribution in [0.1, 0.15) is 47.6 Å². The Morgan fingerprint density at radius 1 is 1.44 bits per heavy atom. The van der Waals surface area contributed by atoms with E-state index in [1.165, 1.54) is 17.8 Å². The number of halogens is 1. The summed E-state index contributed by atoms with van der Waals surface area (Å²) in [5.41, 5.74) is 7.03. The first kappa shape index (κ1) is 17.7. The monoisotopic (exact) mass is 361 g/mol. The third kappa shape index (κ3) is 3.76. The van der Waals surface area contributed by atoms with Crippen LogP contribution in [-0.4, -0.2) is 21.9 Å². The van der Waals surface area contributed by atoms with E-state index in [0.29, 0.717) is 29.1 Å². The number of benzene rings is 1. The van der Waals surface area contributed by atoms with Gasteiger partial charge in [0.05, 0.1) is 11.2 Å². The van der Waals surface area contributed by atoms with Crippen molar-refractivity contribution >= 4 is 22.7 Å². The third-order valence-corrected chi connectivity index (χ3v) is 5.16. The molecule has 7 heteroatoms. The number of carbonyl (C=O) groups excluding carboxylic acids is 1. The molecule has 2 heterocycles. The molecule has 1 aromatic heterocycles. The number of amidine groups is 1. The van der Waals surface area contributed by atoms with Gasteiger partial charge in [-0.25, -0.2) is 4.39 Å². The largest absolute Gasteiger partial charge is 0.379 e. The minimum absolute atomic E-state index is 0.121. The van der Waals surface area contributed by atoms with Crippen molar-refractivity contribution in [2.75, 3.05) is 5.75 Å². The van der Waals surface area contributed by atoms with Gasteiger partial charge in [0, 0.05) is 23.8 Å². The summed E-state index contributed by atoms with van der Waals surface area (Å²) in [6.07, 6.45) is 1.51. The molecule has 0 spiro atoms. The Labute approximate surface area is 149 Å². The Balaban J connectivity index is 1.86. The van der Waals surface area contributed by atoms with Crippen LogP contribution in [0, 0.1) is 5.82 Å². The fourth-order valence-electron chi connectivity index (χ4n) is 2.86. The fraction of sp³-hybridized carbons (Fsp3) is 0.389. The van der Waals surface area contributed by atoms with Crippen LogP contribution in [0.2, 0.25) is 0 Å². The molecule has 3 rings (SSSR count). The maximum absolute atomic E-state index is 14.4. The number of nitrogens with zero attached hydrogens (tertiary/aromatic N) is 2. The Kier molecular flexibility index (Phi) is 4.94. The molecule has 0 bridgehead atoms. The van der Waals surface area contributed by atoms with Crippen molar-refractivity contribution < 1.29 is 13.7 Å². The lowest BCUT2D eigenvalue weighted by Crippen LogP contribution is -2.29. The summed E-state index contributed by atoms with van der Waals surface area (Å²) in [7, 11) is 0. The van der Waals surface area contributed by atoms with Crippen molar-refractivity contribution in [3.05, 3.63) is 52.7 Å². The average Bonchev–Trinajstić information content (AvgIpc) is 3.05. The van der Waals surface area contributed by atoms with E-state index in [1.54, 1.807) is 18.2 Å². The molecule has 0 unspecified atom stereocenters. The second-order valence-corrected chi connectivity index (χ2v) is 7.39. The molecule has 2 aromatic rings. The lowest BCUT2D eigenvalue weighted by atomic mass is 9.87. The highest BCUT2D eigenvalue weighted by Crippen LogP contribution is 2.36. The van der Waals surface area contributed by atoms with E-state index in [1.807, 2.05) is 13.8 Å². The number of rotatable bonds is 5. The first-order valence-corrected chi connectivity index (χ1v) is 9.15. The summed E-state index contributed by atoms with van der Waals surface area (Å²) in [6, 6.07) is 6.35. The van der Waals surface area contributed by atoms with Crippen LogP contribution in [-0.2, 0) is 18.4 Å². The summed E-state index contributed by atoms with van der Waals surface area (Å²) in [5, 5.41) is 4.29. The Bertz CT molecular complexity index is 833. The molecule has 0 saturated carbocycles. The van der Waals surface area contributed by atoms with Gasteiger partial charge in [-0.15, -0.1) is 0 Å². The normalized spacial score (nSPS) is 20.4. The van der Waals surface area contributed by atoms with Crippen LogP contribution in [0.3, 0.4) is 0 Å². The van der Waals surface area contributed by atoms with E-state index in [4.69, 9.17) is 10.3 Å². The Morgan fingerprint density at radius 2 is 2.24 bits per heavy atom. The minimum Gasteiger partial charge on any atom is -0.379 e. The quantitative estimate of drug-likeness (QED) is 0.825. The van der Waals surface area contributed by atoms with Crippen LogP contribution in [0.5, 0.6) is 0 Å². The standard InChI is InChI=1S/C18H20FN3O2S/c1-3-12-10-16(24-22-12)15(23)9-11-4-5-14(19)13(8-11)18(2)6-7-25-17(20)21-18/h4-5,8,10H,3,6-7,9H2,1-2H3,(H2,20,21)/t18-/m0/s1. The highest BCUT2D eigenvalue weighted by atomic mass is 32.2. The van der Waals surface area contributed by atoms with Crippen molar-refractivity contribution in [3.63, 3.8) is 0 Å². The molecule has 0 fully saturated rings. The molecule has 132 valence electrons. The zero-order valence-corrected chi connectivity index (χ0v) is 15.0. The van der Waals surface area contributed by atoms with Crippen molar-refractivity contribution in [2.24, 2.45) is 10.7 Å². The second-order valence-electron chi connectivity index (χ2n) is 6.27. The number of Topliss-reactive ketones (excluding diaryl/α,β-unsaturated/α-hetero) is 1. The van der Waals surface area contributed by atoms with Crippen molar-refractivity contribution in [1.29, 1.82) is 0 Å². The van der Waals surface area contributed by atoms with Crippen LogP contribution in [0.15, 0.2) is 33.8 Å². The van der Waals surface area contributed by atoms with Gasteiger partial charge in [-0.1, -0.05) is 29.9 Å². The first-order chi connectivity index (χ1) is 11.9. The number of nitrogens with two attached hydrogens (primary N) is 1. The number of hydrogen-bond acceptors (Lipinski definition) is 6. The molecule has 2 N–H and O–H groups in total. The fourth-order valence-corrected chi connectivity index (χ4v) is 3.83. The number of hydrogen-bond donors (Lipinski definition) is 1. The molecule has 1 aliphatic rings. The topological polar surface area (TPSA) is 81.5 Å². The SMILES string of the molecule is CCc1cc(C(=O)Cc2ccc(F)c([C@]3(C)CCSC(N)=N3)c2)on1. The van der Waals surface area contributed by atoms with E-state index in [9.17, 15) is 9.18 Å². The number of carbonyl (C=O) groups is 1. The predicted molar refractivity (Wildman–Crippen MR) is 96.4 cm³/mol. The van der Waals surface area contributed by atoms with Gasteiger partial charge >= 0.3 is 0 Å². The summed E-state index contributed by atoms with van der Waals surface area (Å²) < 4.78 is 19.5. The third-order valence-electron chi connectivity index (χ3n) is 4.37. The van der Waals surface area contributed by atoms with Gasteiger partial charge in [0.1, 0.15) is 5.82 Å². The molecule has 5 nitrogen and oxygen atoms in total. The molecular formula is C18H20FN3O2S. The smallest absolute Gasteiger partial charge is 0.205 e. The van der Waals surface area contributed by atoms with E-state index in [2.05, 4.69) is 10.1 Å². The van der Waals surface area contributed by atoms with Gasteiger partial charge in [-0.2, -0.15) is 0 Å². The van der Waals surface area contributed by atoms with Crippen molar-refractivity contribution in [1.82, 2.24) is 5.16 Å². The molecule has 0 radical (unpaired) electrons. The molecular weight excluding hydrogens is 341 g/mol. The number of aryl methyl sites for hydroxylation is 1. The van der Waals surface area contributed by atoms with E-state index >= 15 is 0 Å². The first-order valence-electron chi connectivity index (χ1n) is 8.17. The zero-order chi connectivity index (χ0) is 18.0. The van der Waals surface area contributed by atoms with Crippen LogP contribution in [0.4, 0.5) is 4.39 Å². The number of ketones is 1. The molecule has 0 aliphatic carbocycles. The van der Waals surface area contributed by atoms with Gasteiger partial charge in [0.25, 0.3) is 0 Å². The maximum Gasteiger partial charge on any atom is 0.205 e. The maximum atomic E-state index is 14.4. The number of aromatic nitrogens is 1. The number of thioether (sulfide) groups is 1. The number of aliphatic imine (C=N–C) groups is 1. The van der Waals surface area contributed by atoms with Gasteiger partial charge in [-0.3, -0.25) is 9.79 Å². The molecule has 0 amide bonds. The summed E-state index contributed by atoms with van der Waals surface area (Å²) >= 11 is 1.47. The molecule has 1 atom stereocenters. The highest BCUT2D eigenvalue weighted by molar-refractivity contribution is 8.13. The molecule has 1 aliphatic heterocycles. The van der Waals surface area contributed by atoms with E-state index in [0.717, 1.165) is 11.4 Å². The average molecular weight is 361 g/mol. The van der Waals surface area contributed by atoms with Crippen molar-refractivity contribution in [2.45, 2.75) is 38.6 Å². The van der Waals surface area contributed by atoms with Crippen LogP contribution in [0.25, 0.3) is 0 Å². The lowest BCUT2D eigenvalue weighted by molar-refractivity contribution is 0.0957. The molecule has 1 aromatic carbocycles. The van der Waals surface area contributed by atoms with Crippen LogP contribution < -0.4 is 5.73 Å². The van der Waals surface area contributed by atoms with E-state index in [-0.39, 0.29) is 23.8 Å². The highest BCUT2D eigenvalue weighted by Gasteiger charge is 2.32. The Hall–Kier alpha value is -2.15. The van der Waals surface area contributed by atoms with Gasteiger partial charge in [0.2, 0.25) is 11.5 Å². The van der Waals surface area contributed by atoms with Gasteiger partial charge in [-0.05, 0) is 37.5 Å². The van der Waals surface area contributed by atoms with Crippen molar-refractivity contribution in [3.8, 4) is 0 Å². The second kappa shape index (κ2) is 7.00. The molecule has 0 saturated heterocycles. The Morgan fingerprint density at radius 3 is 2.92 bits per heavy atom. The van der Waals surface area contributed by atoms with Gasteiger partial charge in [0.15, 0.2) is 5.17 Å².